The maximum Gasteiger partial charge on any atom is 0.132 e. The van der Waals surface area contributed by atoms with Gasteiger partial charge in [-0.05, 0) is 68.1 Å². The van der Waals surface area contributed by atoms with Gasteiger partial charge in [0.15, 0.2) is 0 Å². The van der Waals surface area contributed by atoms with Crippen molar-refractivity contribution in [1.82, 2.24) is 0 Å². The standard InChI is InChI=1S/C19H30O2/c1-13-6-8-15(20)4-3-5-18-17(13)9-7-14-12-16(21)10-11-19(14,18)2/h7,13,16-18,21H,3-6,8-12H2,1-2H3. The van der Waals surface area contributed by atoms with E-state index in [-0.39, 0.29) is 11.5 Å². The van der Waals surface area contributed by atoms with Gasteiger partial charge in [-0.2, -0.15) is 0 Å². The molecule has 118 valence electrons. The minimum atomic E-state index is -0.129. The molecule has 3 aliphatic rings. The number of Topliss-reactive ketones (excluding diaryl/α,β-unsaturated/α-hetero) is 1. The van der Waals surface area contributed by atoms with Crippen molar-refractivity contribution in [1.29, 1.82) is 0 Å². The quantitative estimate of drug-likeness (QED) is 0.676. The van der Waals surface area contributed by atoms with Crippen molar-refractivity contribution in [2.75, 3.05) is 0 Å². The molecule has 0 aromatic rings. The van der Waals surface area contributed by atoms with E-state index in [1.807, 2.05) is 0 Å². The second-order valence-electron chi connectivity index (χ2n) is 8.00. The van der Waals surface area contributed by atoms with E-state index in [9.17, 15) is 9.90 Å². The van der Waals surface area contributed by atoms with Gasteiger partial charge in [-0.1, -0.05) is 25.5 Å². The van der Waals surface area contributed by atoms with Crippen LogP contribution in [0.5, 0.6) is 0 Å². The number of fused-ring (bicyclic) bond motifs is 3. The first kappa shape index (κ1) is 15.3. The van der Waals surface area contributed by atoms with Gasteiger partial charge in [0.25, 0.3) is 0 Å². The average Bonchev–Trinajstić information content (AvgIpc) is 2.52. The Morgan fingerprint density at radius 2 is 2.05 bits per heavy atom. The monoisotopic (exact) mass is 290 g/mol. The van der Waals surface area contributed by atoms with E-state index in [1.54, 1.807) is 0 Å². The molecular weight excluding hydrogens is 260 g/mol. The number of ketones is 1. The summed E-state index contributed by atoms with van der Waals surface area (Å²) >= 11 is 0. The Hall–Kier alpha value is -0.630. The number of carbonyl (C=O) groups excluding carboxylic acids is 1. The van der Waals surface area contributed by atoms with Crippen molar-refractivity contribution in [3.63, 3.8) is 0 Å². The Bertz CT molecular complexity index is 439. The Kier molecular flexibility index (Phi) is 4.27. The van der Waals surface area contributed by atoms with Gasteiger partial charge in [-0.3, -0.25) is 4.79 Å². The fourth-order valence-corrected chi connectivity index (χ4v) is 5.28. The molecule has 2 heteroatoms. The lowest BCUT2D eigenvalue weighted by atomic mass is 9.54. The molecule has 1 N–H and O–H groups in total. The smallest absolute Gasteiger partial charge is 0.132 e. The fraction of sp³-hybridized carbons (Fsp3) is 0.842. The number of allylic oxidation sites excluding steroid dienone is 1. The number of carbonyl (C=O) groups is 1. The number of hydrogen-bond acceptors (Lipinski definition) is 2. The highest BCUT2D eigenvalue weighted by molar-refractivity contribution is 5.78. The minimum absolute atomic E-state index is 0.129. The number of aliphatic hydroxyl groups excluding tert-OH is 1. The van der Waals surface area contributed by atoms with Crippen LogP contribution in [0.25, 0.3) is 0 Å². The summed E-state index contributed by atoms with van der Waals surface area (Å²) in [6, 6.07) is 0. The largest absolute Gasteiger partial charge is 0.393 e. The Morgan fingerprint density at radius 1 is 1.24 bits per heavy atom. The summed E-state index contributed by atoms with van der Waals surface area (Å²) < 4.78 is 0. The summed E-state index contributed by atoms with van der Waals surface area (Å²) in [5.74, 6) is 2.57. The van der Waals surface area contributed by atoms with E-state index in [2.05, 4.69) is 19.9 Å². The van der Waals surface area contributed by atoms with Crippen LogP contribution in [0, 0.1) is 23.2 Å². The van der Waals surface area contributed by atoms with E-state index < -0.39 is 0 Å². The molecule has 5 atom stereocenters. The van der Waals surface area contributed by atoms with Crippen LogP contribution < -0.4 is 0 Å². The zero-order valence-corrected chi connectivity index (χ0v) is 13.6. The molecule has 0 aromatic heterocycles. The van der Waals surface area contributed by atoms with Crippen LogP contribution in [0.1, 0.15) is 71.6 Å². The van der Waals surface area contributed by atoms with Crippen molar-refractivity contribution in [2.24, 2.45) is 23.2 Å². The van der Waals surface area contributed by atoms with Gasteiger partial charge in [-0.25, -0.2) is 0 Å². The molecule has 3 rings (SSSR count). The fourth-order valence-electron chi connectivity index (χ4n) is 5.28. The van der Waals surface area contributed by atoms with Gasteiger partial charge in [0.2, 0.25) is 0 Å². The van der Waals surface area contributed by atoms with Crippen LogP contribution in [0.2, 0.25) is 0 Å². The Balaban J connectivity index is 1.88. The number of rotatable bonds is 0. The predicted octanol–water partition coefficient (Wildman–Crippen LogP) is 4.27. The highest BCUT2D eigenvalue weighted by atomic mass is 16.3. The summed E-state index contributed by atoms with van der Waals surface area (Å²) in [5.41, 5.74) is 1.80. The van der Waals surface area contributed by atoms with Crippen molar-refractivity contribution in [2.45, 2.75) is 77.7 Å². The molecule has 0 aliphatic heterocycles. The van der Waals surface area contributed by atoms with Crippen molar-refractivity contribution in [3.05, 3.63) is 11.6 Å². The lowest BCUT2D eigenvalue weighted by Gasteiger charge is -2.51. The molecule has 2 saturated carbocycles. The van der Waals surface area contributed by atoms with Gasteiger partial charge in [0.05, 0.1) is 6.10 Å². The van der Waals surface area contributed by atoms with Gasteiger partial charge >= 0.3 is 0 Å². The van der Waals surface area contributed by atoms with E-state index in [0.717, 1.165) is 57.3 Å². The summed E-state index contributed by atoms with van der Waals surface area (Å²) in [5, 5.41) is 10.0. The zero-order chi connectivity index (χ0) is 15.0. The summed E-state index contributed by atoms with van der Waals surface area (Å²) in [4.78, 5) is 11.9. The molecule has 0 radical (unpaired) electrons. The molecule has 0 amide bonds. The molecule has 0 saturated heterocycles. The maximum atomic E-state index is 11.9. The van der Waals surface area contributed by atoms with E-state index in [1.165, 1.54) is 12.0 Å². The van der Waals surface area contributed by atoms with Crippen LogP contribution in [0.15, 0.2) is 11.6 Å². The number of aliphatic hydroxyl groups is 1. The number of hydrogen-bond donors (Lipinski definition) is 1. The first-order chi connectivity index (χ1) is 10.0. The summed E-state index contributed by atoms with van der Waals surface area (Å²) in [6.45, 7) is 4.80. The second kappa shape index (κ2) is 5.87. The molecule has 21 heavy (non-hydrogen) atoms. The van der Waals surface area contributed by atoms with Gasteiger partial charge in [0, 0.05) is 12.8 Å². The van der Waals surface area contributed by atoms with E-state index >= 15 is 0 Å². The third-order valence-electron chi connectivity index (χ3n) is 6.74. The third-order valence-corrected chi connectivity index (χ3v) is 6.74. The van der Waals surface area contributed by atoms with Crippen molar-refractivity contribution in [3.8, 4) is 0 Å². The molecule has 2 fully saturated rings. The molecule has 3 aliphatic carbocycles. The van der Waals surface area contributed by atoms with Gasteiger partial charge < -0.3 is 5.11 Å². The second-order valence-corrected chi connectivity index (χ2v) is 8.00. The van der Waals surface area contributed by atoms with Crippen molar-refractivity contribution >= 4 is 5.78 Å². The molecule has 5 unspecified atom stereocenters. The zero-order valence-electron chi connectivity index (χ0n) is 13.6. The SMILES string of the molecule is CC1CCC(=O)CCCC2C1CC=C1CC(O)CCC12C. The average molecular weight is 290 g/mol. The third kappa shape index (κ3) is 2.84. The van der Waals surface area contributed by atoms with Crippen LogP contribution >= 0.6 is 0 Å². The summed E-state index contributed by atoms with van der Waals surface area (Å²) in [7, 11) is 0. The summed E-state index contributed by atoms with van der Waals surface area (Å²) in [6.07, 6.45) is 11.3. The Labute approximate surface area is 129 Å². The first-order valence-corrected chi connectivity index (χ1v) is 8.90. The molecule has 0 bridgehead atoms. The lowest BCUT2D eigenvalue weighted by molar-refractivity contribution is -0.119. The van der Waals surface area contributed by atoms with Gasteiger partial charge in [0.1, 0.15) is 5.78 Å². The normalized spacial score (nSPS) is 44.7. The maximum absolute atomic E-state index is 11.9. The van der Waals surface area contributed by atoms with Crippen molar-refractivity contribution < 1.29 is 9.90 Å². The molecular formula is C19H30O2. The highest BCUT2D eigenvalue weighted by Crippen LogP contribution is 2.56. The van der Waals surface area contributed by atoms with Crippen LogP contribution in [-0.2, 0) is 4.79 Å². The molecule has 2 nitrogen and oxygen atoms in total. The van der Waals surface area contributed by atoms with Gasteiger partial charge in [-0.15, -0.1) is 0 Å². The topological polar surface area (TPSA) is 37.3 Å². The van der Waals surface area contributed by atoms with Crippen LogP contribution in [0.3, 0.4) is 0 Å². The predicted molar refractivity (Wildman–Crippen MR) is 84.9 cm³/mol. The first-order valence-electron chi connectivity index (χ1n) is 8.90. The van der Waals surface area contributed by atoms with E-state index in [0.29, 0.717) is 17.6 Å². The molecule has 0 spiro atoms. The Morgan fingerprint density at radius 3 is 2.86 bits per heavy atom. The molecule has 0 heterocycles. The minimum Gasteiger partial charge on any atom is -0.393 e. The highest BCUT2D eigenvalue weighted by Gasteiger charge is 2.47. The van der Waals surface area contributed by atoms with E-state index in [4.69, 9.17) is 0 Å². The van der Waals surface area contributed by atoms with Crippen LogP contribution in [-0.4, -0.2) is 17.0 Å². The lowest BCUT2D eigenvalue weighted by Crippen LogP contribution is -2.43. The molecule has 0 aromatic carbocycles. The van der Waals surface area contributed by atoms with Crippen LogP contribution in [0.4, 0.5) is 0 Å².